The van der Waals surface area contributed by atoms with Crippen LogP contribution in [-0.2, 0) is 4.79 Å². The Morgan fingerprint density at radius 2 is 2.05 bits per heavy atom. The van der Waals surface area contributed by atoms with E-state index in [1.807, 2.05) is 0 Å². The highest BCUT2D eigenvalue weighted by Gasteiger charge is 2.20. The van der Waals surface area contributed by atoms with Crippen LogP contribution in [0.4, 0.5) is 4.79 Å². The van der Waals surface area contributed by atoms with E-state index in [0.717, 1.165) is 0 Å². The van der Waals surface area contributed by atoms with Crippen LogP contribution in [0.3, 0.4) is 0 Å². The van der Waals surface area contributed by atoms with Crippen molar-refractivity contribution in [3.8, 4) is 12.3 Å². The van der Waals surface area contributed by atoms with Crippen LogP contribution in [0.25, 0.3) is 0 Å². The number of halogens is 2. The maximum Gasteiger partial charge on any atom is 0.327 e. The van der Waals surface area contributed by atoms with Gasteiger partial charge in [-0.05, 0) is 24.6 Å². The first kappa shape index (κ1) is 17.2. The van der Waals surface area contributed by atoms with Gasteiger partial charge in [-0.15, -0.1) is 12.3 Å². The van der Waals surface area contributed by atoms with E-state index >= 15 is 0 Å². The van der Waals surface area contributed by atoms with E-state index in [1.54, 1.807) is 25.1 Å². The van der Waals surface area contributed by atoms with E-state index in [9.17, 15) is 9.59 Å². The Labute approximate surface area is 132 Å². The minimum Gasteiger partial charge on any atom is -0.480 e. The van der Waals surface area contributed by atoms with Gasteiger partial charge in [0.1, 0.15) is 6.04 Å². The lowest BCUT2D eigenvalue weighted by Gasteiger charge is -2.18. The van der Waals surface area contributed by atoms with Crippen LogP contribution in [0.1, 0.15) is 24.9 Å². The predicted octanol–water partition coefficient (Wildman–Crippen LogP) is 2.83. The summed E-state index contributed by atoms with van der Waals surface area (Å²) in [5.74, 6) is 1.00. The Morgan fingerprint density at radius 1 is 1.38 bits per heavy atom. The predicted molar refractivity (Wildman–Crippen MR) is 81.4 cm³/mol. The molecule has 21 heavy (non-hydrogen) atoms. The van der Waals surface area contributed by atoms with Crippen LogP contribution >= 0.6 is 23.2 Å². The number of benzene rings is 1. The molecule has 0 saturated carbocycles. The van der Waals surface area contributed by atoms with Crippen LogP contribution in [0.15, 0.2) is 18.2 Å². The fourth-order valence-electron chi connectivity index (χ4n) is 1.64. The zero-order valence-electron chi connectivity index (χ0n) is 11.2. The molecule has 1 rings (SSSR count). The summed E-state index contributed by atoms with van der Waals surface area (Å²) in [5.41, 5.74) is 0.667. The van der Waals surface area contributed by atoms with Crippen molar-refractivity contribution < 1.29 is 14.7 Å². The lowest BCUT2D eigenvalue weighted by atomic mass is 10.1. The number of hydrogen-bond donors (Lipinski definition) is 3. The molecule has 0 aliphatic heterocycles. The van der Waals surface area contributed by atoms with Gasteiger partial charge in [-0.1, -0.05) is 29.3 Å². The Bertz CT molecular complexity index is 584. The van der Waals surface area contributed by atoms with Crippen molar-refractivity contribution >= 4 is 35.2 Å². The molecular formula is C14H14Cl2N2O3. The number of carbonyl (C=O) groups is 2. The van der Waals surface area contributed by atoms with Gasteiger partial charge in [-0.25, -0.2) is 9.59 Å². The number of hydrogen-bond acceptors (Lipinski definition) is 2. The fourth-order valence-corrected chi connectivity index (χ4v) is 2.22. The number of urea groups is 1. The molecule has 7 heteroatoms. The summed E-state index contributed by atoms with van der Waals surface area (Å²) in [5, 5.41) is 14.7. The van der Waals surface area contributed by atoms with Gasteiger partial charge in [-0.2, -0.15) is 0 Å². The molecule has 112 valence electrons. The quantitative estimate of drug-likeness (QED) is 0.727. The van der Waals surface area contributed by atoms with E-state index in [0.29, 0.717) is 15.6 Å². The number of terminal acetylenes is 1. The summed E-state index contributed by atoms with van der Waals surface area (Å²) < 4.78 is 0. The van der Waals surface area contributed by atoms with Crippen LogP contribution in [0, 0.1) is 12.3 Å². The lowest BCUT2D eigenvalue weighted by Crippen LogP contribution is -2.46. The normalized spacial score (nSPS) is 12.9. The summed E-state index contributed by atoms with van der Waals surface area (Å²) in [7, 11) is 0. The molecule has 2 atom stereocenters. The zero-order chi connectivity index (χ0) is 16.0. The van der Waals surface area contributed by atoms with E-state index in [-0.39, 0.29) is 6.42 Å². The third kappa shape index (κ3) is 5.18. The van der Waals surface area contributed by atoms with Crippen molar-refractivity contribution in [3.05, 3.63) is 33.8 Å². The van der Waals surface area contributed by atoms with E-state index in [1.165, 1.54) is 0 Å². The molecular weight excluding hydrogens is 315 g/mol. The first-order chi connectivity index (χ1) is 9.85. The Balaban J connectivity index is 2.69. The van der Waals surface area contributed by atoms with Crippen LogP contribution in [-0.4, -0.2) is 23.1 Å². The lowest BCUT2D eigenvalue weighted by molar-refractivity contribution is -0.139. The Kier molecular flexibility index (Phi) is 6.35. The summed E-state index contributed by atoms with van der Waals surface area (Å²) in [6.07, 6.45) is 4.96. The second-order valence-electron chi connectivity index (χ2n) is 4.30. The topological polar surface area (TPSA) is 78.4 Å². The Hall–Kier alpha value is -1.90. The largest absolute Gasteiger partial charge is 0.480 e. The van der Waals surface area contributed by atoms with E-state index in [4.69, 9.17) is 34.7 Å². The Morgan fingerprint density at radius 3 is 2.57 bits per heavy atom. The minimum absolute atomic E-state index is 0.0984. The highest BCUT2D eigenvalue weighted by atomic mass is 35.5. The summed E-state index contributed by atoms with van der Waals surface area (Å²) in [6.45, 7) is 1.71. The molecule has 0 fully saturated rings. The maximum absolute atomic E-state index is 11.8. The average Bonchev–Trinajstić information content (AvgIpc) is 2.37. The van der Waals surface area contributed by atoms with Crippen molar-refractivity contribution in [2.45, 2.75) is 25.4 Å². The number of carboxylic acids is 1. The van der Waals surface area contributed by atoms with Crippen molar-refractivity contribution in [2.75, 3.05) is 0 Å². The molecule has 0 radical (unpaired) electrons. The summed E-state index contributed by atoms with van der Waals surface area (Å²) in [6, 6.07) is 2.70. The van der Waals surface area contributed by atoms with Crippen LogP contribution < -0.4 is 10.6 Å². The number of carbonyl (C=O) groups excluding carboxylic acids is 1. The maximum atomic E-state index is 11.8. The van der Waals surface area contributed by atoms with E-state index in [2.05, 4.69) is 16.6 Å². The average molecular weight is 329 g/mol. The molecule has 0 spiro atoms. The minimum atomic E-state index is -1.19. The molecule has 0 aromatic heterocycles. The van der Waals surface area contributed by atoms with Crippen molar-refractivity contribution in [3.63, 3.8) is 0 Å². The SMILES string of the molecule is C#CCC(NC(=O)NC(C)c1ccc(Cl)cc1Cl)C(=O)O. The summed E-state index contributed by atoms with van der Waals surface area (Å²) >= 11 is 11.8. The molecule has 2 unspecified atom stereocenters. The van der Waals surface area contributed by atoms with Gasteiger partial charge in [0.05, 0.1) is 6.04 Å². The molecule has 5 nitrogen and oxygen atoms in total. The second kappa shape index (κ2) is 7.77. The monoisotopic (exact) mass is 328 g/mol. The highest BCUT2D eigenvalue weighted by molar-refractivity contribution is 6.35. The zero-order valence-corrected chi connectivity index (χ0v) is 12.7. The standard InChI is InChI=1S/C14H14Cl2N2O3/c1-3-4-12(13(19)20)18-14(21)17-8(2)10-6-5-9(15)7-11(10)16/h1,5-8,12H,4H2,2H3,(H,19,20)(H2,17,18,21). The van der Waals surface area contributed by atoms with E-state index < -0.39 is 24.1 Å². The number of amides is 2. The highest BCUT2D eigenvalue weighted by Crippen LogP contribution is 2.25. The van der Waals surface area contributed by atoms with Gasteiger partial charge in [0, 0.05) is 16.5 Å². The van der Waals surface area contributed by atoms with Gasteiger partial charge in [0.15, 0.2) is 0 Å². The van der Waals surface area contributed by atoms with Crippen LogP contribution in [0.5, 0.6) is 0 Å². The number of nitrogens with one attached hydrogen (secondary N) is 2. The van der Waals surface area contributed by atoms with Gasteiger partial charge in [-0.3, -0.25) is 0 Å². The third-order valence-electron chi connectivity index (χ3n) is 2.70. The van der Waals surface area contributed by atoms with Crippen molar-refractivity contribution in [2.24, 2.45) is 0 Å². The van der Waals surface area contributed by atoms with Gasteiger partial charge in [0.2, 0.25) is 0 Å². The second-order valence-corrected chi connectivity index (χ2v) is 5.15. The molecule has 3 N–H and O–H groups in total. The van der Waals surface area contributed by atoms with Crippen molar-refractivity contribution in [1.29, 1.82) is 0 Å². The molecule has 0 bridgehead atoms. The first-order valence-electron chi connectivity index (χ1n) is 6.03. The molecule has 0 heterocycles. The number of aliphatic carboxylic acids is 1. The van der Waals surface area contributed by atoms with Crippen molar-refractivity contribution in [1.82, 2.24) is 10.6 Å². The molecule has 0 aliphatic rings. The van der Waals surface area contributed by atoms with Gasteiger partial charge in [0.25, 0.3) is 0 Å². The fraction of sp³-hybridized carbons (Fsp3) is 0.286. The molecule has 2 amide bonds. The molecule has 0 aliphatic carbocycles. The third-order valence-corrected chi connectivity index (χ3v) is 3.26. The molecule has 1 aromatic carbocycles. The van der Waals surface area contributed by atoms with Crippen LogP contribution in [0.2, 0.25) is 10.0 Å². The summed E-state index contributed by atoms with van der Waals surface area (Å²) in [4.78, 5) is 22.7. The van der Waals surface area contributed by atoms with Gasteiger partial charge < -0.3 is 15.7 Å². The number of carboxylic acid groups (broad SMARTS) is 1. The smallest absolute Gasteiger partial charge is 0.327 e. The number of rotatable bonds is 5. The molecule has 0 saturated heterocycles. The first-order valence-corrected chi connectivity index (χ1v) is 6.79. The molecule has 1 aromatic rings. The van der Waals surface area contributed by atoms with Gasteiger partial charge >= 0.3 is 12.0 Å².